The van der Waals surface area contributed by atoms with E-state index in [1.807, 2.05) is 24.3 Å². The van der Waals surface area contributed by atoms with E-state index >= 15 is 4.39 Å². The van der Waals surface area contributed by atoms with Crippen molar-refractivity contribution < 1.29 is 61.5 Å². The van der Waals surface area contributed by atoms with Gasteiger partial charge in [-0.3, -0.25) is 4.79 Å². The Labute approximate surface area is 386 Å². The Bertz CT molecular complexity index is 2670. The lowest BCUT2D eigenvalue weighted by atomic mass is 9.94. The van der Waals surface area contributed by atoms with Gasteiger partial charge in [-0.2, -0.15) is 0 Å². The molecule has 1 aliphatic heterocycles. The molecule has 2 aliphatic rings. The molecule has 13 heteroatoms. The minimum absolute atomic E-state index is 0.0272. The molecule has 0 amide bonds. The summed E-state index contributed by atoms with van der Waals surface area (Å²) in [6.07, 6.45) is -7.47. The Hall–Kier alpha value is -7.64. The molecule has 342 valence electrons. The van der Waals surface area contributed by atoms with Crippen molar-refractivity contribution in [3.8, 4) is 5.75 Å². The zero-order valence-corrected chi connectivity index (χ0v) is 36.7. The molecule has 0 bridgehead atoms. The number of benzene rings is 6. The fourth-order valence-corrected chi connectivity index (χ4v) is 7.74. The Morgan fingerprint density at radius 3 is 1.57 bits per heavy atom. The van der Waals surface area contributed by atoms with Crippen molar-refractivity contribution in [3.05, 3.63) is 208 Å². The number of carbonyl (C=O) groups is 5. The molecule has 1 heterocycles. The highest BCUT2D eigenvalue weighted by atomic mass is 19.1. The van der Waals surface area contributed by atoms with E-state index in [4.69, 9.17) is 33.2 Å². The fraction of sp³-hybridized carbons (Fsp3) is 0.241. The summed E-state index contributed by atoms with van der Waals surface area (Å²) in [7, 11) is 0. The topological polar surface area (TPSA) is 150 Å². The van der Waals surface area contributed by atoms with Crippen LogP contribution in [0.5, 0.6) is 5.75 Å². The quantitative estimate of drug-likeness (QED) is 0.0673. The second-order valence-electron chi connectivity index (χ2n) is 16.3. The number of rotatable bonds is 16. The van der Waals surface area contributed by atoms with Gasteiger partial charge in [-0.25, -0.2) is 23.6 Å². The molecule has 8 rings (SSSR count). The smallest absolute Gasteiger partial charge is 0.338 e. The Kier molecular flexibility index (Phi) is 14.5. The number of esters is 5. The minimum atomic E-state index is -1.78. The van der Waals surface area contributed by atoms with Gasteiger partial charge in [-0.15, -0.1) is 0 Å². The van der Waals surface area contributed by atoms with Crippen LogP contribution in [0.1, 0.15) is 96.3 Å². The van der Waals surface area contributed by atoms with Crippen LogP contribution in [0.2, 0.25) is 0 Å². The van der Waals surface area contributed by atoms with Crippen molar-refractivity contribution in [1.82, 2.24) is 0 Å². The molecule has 12 nitrogen and oxygen atoms in total. The molecule has 6 aromatic carbocycles. The Balaban J connectivity index is 1.26. The second-order valence-corrected chi connectivity index (χ2v) is 16.3. The van der Waals surface area contributed by atoms with E-state index in [2.05, 4.69) is 0 Å². The first-order chi connectivity index (χ1) is 32.5. The van der Waals surface area contributed by atoms with Gasteiger partial charge in [0.05, 0.1) is 22.3 Å². The standard InChI is InChI=1S/C54H47FO12/c1-33(62-50(57)39-15-7-3-8-16-39)46-47(64-51(58)40-17-9-4-10-18-40)48(65-52(59)41-19-11-5-12-20-41)49(66-53(60)42-21-13-6-14-22-42)54(67-46)63-45-31-36(32-61-34(2)56)30-44(55)43(45)29-35-23-25-37(26-24-35)38-27-28-38/h3-26,30-31,33,38,46-49,54H,27-29,32H2,1-2H3/t33-,46-,47-,48+,49-,54-/m1/s1. The highest BCUT2D eigenvalue weighted by Gasteiger charge is 2.56. The van der Waals surface area contributed by atoms with Gasteiger partial charge in [-0.05, 0) is 103 Å². The van der Waals surface area contributed by atoms with E-state index in [-0.39, 0.29) is 52.2 Å². The number of ether oxygens (including phenoxy) is 7. The molecule has 6 atom stereocenters. The molecule has 1 saturated heterocycles. The average Bonchev–Trinajstić information content (AvgIpc) is 4.21. The van der Waals surface area contributed by atoms with Crippen LogP contribution in [0.4, 0.5) is 4.39 Å². The van der Waals surface area contributed by atoms with Crippen molar-refractivity contribution in [2.45, 2.75) is 82.4 Å². The molecule has 0 unspecified atom stereocenters. The maximum atomic E-state index is 16.6. The third kappa shape index (κ3) is 11.6. The second kappa shape index (κ2) is 21.1. The van der Waals surface area contributed by atoms with Crippen LogP contribution in [0.3, 0.4) is 0 Å². The summed E-state index contributed by atoms with van der Waals surface area (Å²) in [6, 6.07) is 42.6. The SMILES string of the molecule is CC(=O)OCc1cc(F)c(Cc2ccc(C3CC3)cc2)c(O[C@@H]2O[C@H]([C@@H](C)OC(=O)c3ccccc3)[C@@H](OC(=O)c3ccccc3)[C@H](OC(=O)c3ccccc3)[C@H]2OC(=O)c2ccccc2)c1. The van der Waals surface area contributed by atoms with E-state index in [0.29, 0.717) is 5.92 Å². The maximum absolute atomic E-state index is 16.6. The maximum Gasteiger partial charge on any atom is 0.338 e. The lowest BCUT2D eigenvalue weighted by Gasteiger charge is -2.45. The summed E-state index contributed by atoms with van der Waals surface area (Å²) in [5, 5.41) is 0. The summed E-state index contributed by atoms with van der Waals surface area (Å²) >= 11 is 0. The van der Waals surface area contributed by atoms with E-state index in [9.17, 15) is 24.0 Å². The molecule has 1 saturated carbocycles. The van der Waals surface area contributed by atoms with Crippen molar-refractivity contribution in [2.24, 2.45) is 0 Å². The van der Waals surface area contributed by atoms with Gasteiger partial charge in [0.2, 0.25) is 12.4 Å². The predicted octanol–water partition coefficient (Wildman–Crippen LogP) is 9.38. The highest BCUT2D eigenvalue weighted by molar-refractivity contribution is 5.91. The van der Waals surface area contributed by atoms with E-state index in [0.717, 1.165) is 18.4 Å². The van der Waals surface area contributed by atoms with Gasteiger partial charge in [-0.1, -0.05) is 97.1 Å². The first-order valence-electron chi connectivity index (χ1n) is 21.9. The molecule has 0 radical (unpaired) electrons. The molecule has 2 fully saturated rings. The van der Waals surface area contributed by atoms with E-state index < -0.39 is 72.5 Å². The van der Waals surface area contributed by atoms with Crippen LogP contribution in [0.25, 0.3) is 0 Å². The minimum Gasteiger partial charge on any atom is -0.461 e. The molecule has 1 aliphatic carbocycles. The molecule has 0 aromatic heterocycles. The van der Waals surface area contributed by atoms with Gasteiger partial charge in [0.15, 0.2) is 12.2 Å². The Morgan fingerprint density at radius 2 is 1.07 bits per heavy atom. The summed E-state index contributed by atoms with van der Waals surface area (Å²) in [5.74, 6) is -4.34. The zero-order valence-electron chi connectivity index (χ0n) is 36.7. The molecule has 67 heavy (non-hydrogen) atoms. The summed E-state index contributed by atoms with van der Waals surface area (Å²) in [6.45, 7) is 2.40. The Morgan fingerprint density at radius 1 is 0.597 bits per heavy atom. The normalized spacial score (nSPS) is 19.2. The number of hydrogen-bond donors (Lipinski definition) is 0. The summed E-state index contributed by atoms with van der Waals surface area (Å²) in [4.78, 5) is 68.0. The van der Waals surface area contributed by atoms with Gasteiger partial charge in [0.25, 0.3) is 0 Å². The van der Waals surface area contributed by atoms with Crippen LogP contribution >= 0.6 is 0 Å². The first-order valence-corrected chi connectivity index (χ1v) is 21.9. The van der Waals surface area contributed by atoms with Crippen molar-refractivity contribution >= 4 is 29.8 Å². The molecule has 0 spiro atoms. The van der Waals surface area contributed by atoms with Crippen LogP contribution in [0, 0.1) is 5.82 Å². The third-order valence-corrected chi connectivity index (χ3v) is 11.4. The molecule has 6 aromatic rings. The van der Waals surface area contributed by atoms with Crippen LogP contribution < -0.4 is 4.74 Å². The van der Waals surface area contributed by atoms with Gasteiger partial charge < -0.3 is 33.2 Å². The van der Waals surface area contributed by atoms with Crippen LogP contribution in [-0.4, -0.2) is 66.7 Å². The number of halogens is 1. The zero-order chi connectivity index (χ0) is 46.9. The van der Waals surface area contributed by atoms with E-state index in [1.54, 1.807) is 84.9 Å². The van der Waals surface area contributed by atoms with Gasteiger partial charge >= 0.3 is 29.8 Å². The van der Waals surface area contributed by atoms with Crippen LogP contribution in [-0.2, 0) is 46.2 Å². The van der Waals surface area contributed by atoms with Crippen molar-refractivity contribution in [1.29, 1.82) is 0 Å². The third-order valence-electron chi connectivity index (χ3n) is 11.4. The molecule has 0 N–H and O–H groups in total. The lowest BCUT2D eigenvalue weighted by Crippen LogP contribution is -2.65. The summed E-state index contributed by atoms with van der Waals surface area (Å²) in [5.41, 5.74) is 2.74. The highest BCUT2D eigenvalue weighted by Crippen LogP contribution is 2.41. The lowest BCUT2D eigenvalue weighted by molar-refractivity contribution is -0.284. The van der Waals surface area contributed by atoms with Gasteiger partial charge in [0.1, 0.15) is 30.4 Å². The van der Waals surface area contributed by atoms with Crippen molar-refractivity contribution in [3.63, 3.8) is 0 Å². The molecular formula is C54H47FO12. The fourth-order valence-electron chi connectivity index (χ4n) is 7.74. The van der Waals surface area contributed by atoms with E-state index in [1.165, 1.54) is 67.9 Å². The van der Waals surface area contributed by atoms with Crippen LogP contribution in [0.15, 0.2) is 158 Å². The number of carbonyl (C=O) groups excluding carboxylic acids is 5. The first kappa shape index (κ1) is 45.9. The summed E-state index contributed by atoms with van der Waals surface area (Å²) < 4.78 is 59.9. The van der Waals surface area contributed by atoms with Crippen molar-refractivity contribution in [2.75, 3.05) is 0 Å². The monoisotopic (exact) mass is 906 g/mol. The average molecular weight is 907 g/mol. The van der Waals surface area contributed by atoms with Gasteiger partial charge in [0, 0.05) is 18.9 Å². The predicted molar refractivity (Wildman–Crippen MR) is 241 cm³/mol. The number of hydrogen-bond acceptors (Lipinski definition) is 12. The largest absolute Gasteiger partial charge is 0.461 e. The molecular weight excluding hydrogens is 860 g/mol.